The second kappa shape index (κ2) is 14.1. The van der Waals surface area contributed by atoms with Crippen LogP contribution in [0.15, 0.2) is 24.3 Å². The lowest BCUT2D eigenvalue weighted by atomic mass is 9.96. The van der Waals surface area contributed by atoms with Gasteiger partial charge in [0, 0.05) is 45.5 Å². The minimum absolute atomic E-state index is 0.0251. The number of carbonyl (C=O) groups is 6. The number of ether oxygens (including phenoxy) is 2. The van der Waals surface area contributed by atoms with Gasteiger partial charge in [-0.25, -0.2) is 19.2 Å². The van der Waals surface area contributed by atoms with Gasteiger partial charge in [0.1, 0.15) is 24.3 Å². The number of aliphatic carboxylic acids is 2. The van der Waals surface area contributed by atoms with Gasteiger partial charge in [0.25, 0.3) is 11.8 Å². The molecule has 234 valence electrons. The smallest absolute Gasteiger partial charge is 0.338 e. The van der Waals surface area contributed by atoms with Crippen LogP contribution in [-0.2, 0) is 31.9 Å². The molecule has 4 N–H and O–H groups in total. The molecule has 0 bridgehead atoms. The van der Waals surface area contributed by atoms with Crippen molar-refractivity contribution in [2.45, 2.75) is 51.0 Å². The Balaban J connectivity index is 1.34. The van der Waals surface area contributed by atoms with Gasteiger partial charge in [-0.1, -0.05) is 44.8 Å². The van der Waals surface area contributed by atoms with E-state index in [0.717, 1.165) is 21.6 Å². The zero-order valence-corrected chi connectivity index (χ0v) is 26.3. The van der Waals surface area contributed by atoms with Crippen LogP contribution in [0.25, 0.3) is 0 Å². The van der Waals surface area contributed by atoms with Gasteiger partial charge in [0.2, 0.25) is 0 Å². The van der Waals surface area contributed by atoms with E-state index in [1.54, 1.807) is 13.8 Å². The number of fused-ring (bicyclic) bond motifs is 2. The van der Waals surface area contributed by atoms with Crippen LogP contribution in [0.3, 0.4) is 0 Å². The molecule has 0 saturated heterocycles. The predicted molar refractivity (Wildman–Crippen MR) is 163 cm³/mol. The van der Waals surface area contributed by atoms with Crippen molar-refractivity contribution in [3.05, 3.63) is 67.7 Å². The van der Waals surface area contributed by atoms with E-state index in [4.69, 9.17) is 32.7 Å². The van der Waals surface area contributed by atoms with E-state index in [-0.39, 0.29) is 56.0 Å². The van der Waals surface area contributed by atoms with Crippen molar-refractivity contribution in [1.29, 1.82) is 0 Å². The summed E-state index contributed by atoms with van der Waals surface area (Å²) in [4.78, 5) is 73.9. The number of carboxylic acid groups (broad SMARTS) is 2. The van der Waals surface area contributed by atoms with Gasteiger partial charge < -0.3 is 30.3 Å². The Labute approximate surface area is 268 Å². The monoisotopic (exact) mass is 684 g/mol. The lowest BCUT2D eigenvalue weighted by Gasteiger charge is -2.23. The first kappa shape index (κ1) is 33.4. The van der Waals surface area contributed by atoms with Crippen LogP contribution >= 0.6 is 44.8 Å². The third-order valence-corrected chi connectivity index (χ3v) is 9.81. The largest absolute Gasteiger partial charge is 0.480 e. The molecule has 0 radical (unpaired) electrons. The number of cyclic esters (lactones) is 2. The number of amides is 2. The van der Waals surface area contributed by atoms with Gasteiger partial charge in [-0.2, -0.15) is 0 Å². The van der Waals surface area contributed by atoms with Gasteiger partial charge >= 0.3 is 23.9 Å². The summed E-state index contributed by atoms with van der Waals surface area (Å²) in [5.41, 5.74) is 1.30. The summed E-state index contributed by atoms with van der Waals surface area (Å²) in [6, 6.07) is 2.54. The van der Waals surface area contributed by atoms with E-state index in [0.29, 0.717) is 24.0 Å². The minimum Gasteiger partial charge on any atom is -0.480 e. The molecular weight excluding hydrogens is 659 g/mol. The van der Waals surface area contributed by atoms with Crippen molar-refractivity contribution >= 4 is 80.5 Å². The number of hydrogen-bond donors (Lipinski definition) is 4. The first-order chi connectivity index (χ1) is 20.7. The maximum absolute atomic E-state index is 12.8. The number of halogens is 2. The number of hydrogen-bond acceptors (Lipinski definition) is 10. The van der Waals surface area contributed by atoms with Crippen molar-refractivity contribution in [2.75, 3.05) is 11.5 Å². The fourth-order valence-corrected chi connectivity index (χ4v) is 7.43. The maximum Gasteiger partial charge on any atom is 0.338 e. The summed E-state index contributed by atoms with van der Waals surface area (Å²) < 4.78 is 10.4. The highest BCUT2D eigenvalue weighted by molar-refractivity contribution is 8.76. The molecule has 0 fully saturated rings. The highest BCUT2D eigenvalue weighted by Crippen LogP contribution is 2.31. The Hall–Kier alpha value is -3.46. The van der Waals surface area contributed by atoms with Crippen LogP contribution in [-0.4, -0.2) is 81.7 Å². The van der Waals surface area contributed by atoms with E-state index in [2.05, 4.69) is 10.6 Å². The van der Waals surface area contributed by atoms with E-state index in [9.17, 15) is 39.0 Å². The van der Waals surface area contributed by atoms with Crippen molar-refractivity contribution < 1.29 is 48.5 Å². The quantitative estimate of drug-likeness (QED) is 0.153. The Morgan fingerprint density at radius 3 is 1.48 bits per heavy atom. The van der Waals surface area contributed by atoms with Gasteiger partial charge in [0.05, 0.1) is 11.1 Å². The zero-order chi connectivity index (χ0) is 32.3. The minimum atomic E-state index is -1.38. The van der Waals surface area contributed by atoms with Gasteiger partial charge in [-0.3, -0.25) is 9.59 Å². The molecule has 2 aliphatic rings. The molecule has 2 heterocycles. The number of nitrogens with one attached hydrogen (secondary N) is 2. The zero-order valence-electron chi connectivity index (χ0n) is 23.2. The average Bonchev–Trinajstić information content (AvgIpc) is 2.94. The number of carboxylic acids is 2. The molecule has 2 aromatic carbocycles. The van der Waals surface area contributed by atoms with Gasteiger partial charge in [0.15, 0.2) is 0 Å². The van der Waals surface area contributed by atoms with E-state index < -0.39 is 47.8 Å². The third-order valence-electron chi connectivity index (χ3n) is 6.71. The Kier molecular flexibility index (Phi) is 10.7. The molecule has 16 heteroatoms. The van der Waals surface area contributed by atoms with Crippen LogP contribution in [0.1, 0.15) is 66.4 Å². The highest BCUT2D eigenvalue weighted by Gasteiger charge is 2.30. The molecule has 0 aromatic heterocycles. The van der Waals surface area contributed by atoms with E-state index in [1.165, 1.54) is 24.3 Å². The summed E-state index contributed by atoms with van der Waals surface area (Å²) in [5.74, 6) is -5.84. The Bertz CT molecular complexity index is 1440. The summed E-state index contributed by atoms with van der Waals surface area (Å²) in [7, 11) is 1.94. The van der Waals surface area contributed by atoms with Crippen LogP contribution in [0.2, 0.25) is 10.0 Å². The maximum atomic E-state index is 12.8. The van der Waals surface area contributed by atoms with Crippen LogP contribution in [0, 0.1) is 0 Å². The molecule has 12 nitrogen and oxygen atoms in total. The van der Waals surface area contributed by atoms with Gasteiger partial charge in [-0.05, 0) is 49.2 Å². The van der Waals surface area contributed by atoms with Crippen molar-refractivity contribution in [1.82, 2.24) is 10.6 Å². The highest BCUT2D eigenvalue weighted by atomic mass is 35.5. The summed E-state index contributed by atoms with van der Waals surface area (Å²) in [6.45, 7) is 3.42. The fraction of sp³-hybridized carbons (Fsp3) is 0.357. The Morgan fingerprint density at radius 1 is 0.773 bits per heavy atom. The van der Waals surface area contributed by atoms with E-state index >= 15 is 0 Å². The topological polar surface area (TPSA) is 185 Å². The number of esters is 2. The molecule has 4 atom stereocenters. The van der Waals surface area contributed by atoms with Crippen LogP contribution < -0.4 is 10.6 Å². The molecule has 3 unspecified atom stereocenters. The van der Waals surface area contributed by atoms with Gasteiger partial charge in [-0.15, -0.1) is 0 Å². The van der Waals surface area contributed by atoms with E-state index in [1.807, 2.05) is 0 Å². The first-order valence-electron chi connectivity index (χ1n) is 13.1. The normalized spacial score (nSPS) is 18.5. The SMILES string of the molecule is CC1Cc2c(Cl)cc(C(=O)NC(CSSC[C@H](NC(=O)c3cc(Cl)c4c(c3)C(=O)OC(C)C4)C(=O)O)C(=O)O)cc2C(=O)O1. The van der Waals surface area contributed by atoms with Crippen molar-refractivity contribution in [2.24, 2.45) is 0 Å². The molecule has 4 rings (SSSR count). The lowest BCUT2D eigenvalue weighted by Crippen LogP contribution is -2.43. The molecular formula is C28H26Cl2N2O10S2. The standard InChI is InChI=1S/C28H26Cl2N2O10S2/c1-11-3-15-17(27(39)41-11)5-13(7-19(15)29)23(33)31-21(25(35)36)9-43-44-10-22(26(37)38)32-24(34)14-6-18-16(20(30)8-14)4-12(2)42-28(18)40/h5-8,11-12,21-22H,3-4,9-10H2,1-2H3,(H,31,33)(H,32,34)(H,35,36)(H,37,38)/t11?,12?,21-,22?/m0/s1. The predicted octanol–water partition coefficient (Wildman–Crippen LogP) is 3.64. The van der Waals surface area contributed by atoms with Crippen LogP contribution in [0.5, 0.6) is 0 Å². The lowest BCUT2D eigenvalue weighted by molar-refractivity contribution is -0.139. The second-order valence-corrected chi connectivity index (χ2v) is 13.5. The molecule has 44 heavy (non-hydrogen) atoms. The fourth-order valence-electron chi connectivity index (χ4n) is 4.53. The molecule has 2 amide bonds. The Morgan fingerprint density at radius 2 is 1.14 bits per heavy atom. The molecule has 0 spiro atoms. The first-order valence-corrected chi connectivity index (χ1v) is 16.4. The summed E-state index contributed by atoms with van der Waals surface area (Å²) >= 11 is 12.6. The second-order valence-electron chi connectivity index (χ2n) is 10.1. The molecule has 2 aliphatic heterocycles. The number of benzene rings is 2. The van der Waals surface area contributed by atoms with Crippen LogP contribution in [0.4, 0.5) is 0 Å². The number of rotatable bonds is 11. The molecule has 0 saturated carbocycles. The van der Waals surface area contributed by atoms with Crippen molar-refractivity contribution in [3.63, 3.8) is 0 Å². The van der Waals surface area contributed by atoms with Crippen molar-refractivity contribution in [3.8, 4) is 0 Å². The summed E-state index contributed by atoms with van der Waals surface area (Å²) in [6.07, 6.45) is -0.00133. The average molecular weight is 686 g/mol. The number of carbonyl (C=O) groups excluding carboxylic acids is 4. The third kappa shape index (κ3) is 7.78. The molecule has 2 aromatic rings. The molecule has 0 aliphatic carbocycles. The summed E-state index contributed by atoms with van der Waals surface area (Å²) in [5, 5.41) is 24.4.